The first-order chi connectivity index (χ1) is 8.01. The summed E-state index contributed by atoms with van der Waals surface area (Å²) in [4.78, 5) is 11.9. The Morgan fingerprint density at radius 1 is 1.41 bits per heavy atom. The highest BCUT2D eigenvalue weighted by Gasteiger charge is 2.28. The number of carbonyl (C=O) groups is 1. The van der Waals surface area contributed by atoms with Gasteiger partial charge in [0.2, 0.25) is 0 Å². The van der Waals surface area contributed by atoms with Gasteiger partial charge in [-0.15, -0.1) is 0 Å². The Labute approximate surface area is 102 Å². The minimum atomic E-state index is -0.901. The number of benzene rings is 1. The molecule has 0 radical (unpaired) electrons. The average Bonchev–Trinajstić information content (AvgIpc) is 2.36. The van der Waals surface area contributed by atoms with Gasteiger partial charge in [0.15, 0.2) is 0 Å². The Hall–Kier alpha value is -1.39. The van der Waals surface area contributed by atoms with E-state index in [2.05, 4.69) is 5.32 Å². The van der Waals surface area contributed by atoms with E-state index < -0.39 is 11.6 Å². The molecule has 4 heteroatoms. The molecule has 1 aromatic carbocycles. The zero-order chi connectivity index (χ0) is 12.9. The number of ether oxygens (including phenoxy) is 1. The van der Waals surface area contributed by atoms with Crippen molar-refractivity contribution in [1.82, 2.24) is 5.32 Å². The number of hydrogen-bond acceptors (Lipinski definition) is 3. The van der Waals surface area contributed by atoms with E-state index >= 15 is 0 Å². The lowest BCUT2D eigenvalue weighted by molar-refractivity contribution is -0.140. The lowest BCUT2D eigenvalue weighted by Gasteiger charge is -2.25. The molecule has 0 bridgehead atoms. The van der Waals surface area contributed by atoms with Crippen molar-refractivity contribution >= 4 is 5.91 Å². The molecular formula is C13H19NO3. The summed E-state index contributed by atoms with van der Waals surface area (Å²) in [6.45, 7) is 3.22. The summed E-state index contributed by atoms with van der Waals surface area (Å²) >= 11 is 0. The number of rotatable bonds is 5. The minimum Gasteiger partial charge on any atom is -0.394 e. The lowest BCUT2D eigenvalue weighted by atomic mass is 10.0. The highest BCUT2D eigenvalue weighted by molar-refractivity contribution is 5.84. The summed E-state index contributed by atoms with van der Waals surface area (Å²) in [5.74, 6) is -0.247. The molecule has 17 heavy (non-hydrogen) atoms. The van der Waals surface area contributed by atoms with E-state index in [4.69, 9.17) is 4.74 Å². The number of nitrogens with one attached hydrogen (secondary N) is 1. The molecule has 0 unspecified atom stereocenters. The Kier molecular flexibility index (Phi) is 4.66. The van der Waals surface area contributed by atoms with Crippen molar-refractivity contribution in [2.45, 2.75) is 25.5 Å². The lowest BCUT2D eigenvalue weighted by Crippen LogP contribution is -2.45. The molecular weight excluding hydrogens is 218 g/mol. The van der Waals surface area contributed by atoms with Crippen LogP contribution in [0.2, 0.25) is 0 Å². The van der Waals surface area contributed by atoms with Crippen LogP contribution in [0.5, 0.6) is 0 Å². The van der Waals surface area contributed by atoms with Crippen molar-refractivity contribution in [3.8, 4) is 0 Å². The molecule has 1 rings (SSSR count). The van der Waals surface area contributed by atoms with E-state index in [1.807, 2.05) is 30.3 Å². The Morgan fingerprint density at radius 2 is 2.00 bits per heavy atom. The molecule has 1 aromatic rings. The Morgan fingerprint density at radius 3 is 2.47 bits per heavy atom. The van der Waals surface area contributed by atoms with Crippen molar-refractivity contribution in [1.29, 1.82) is 0 Å². The minimum absolute atomic E-state index is 0.143. The second-order valence-corrected chi connectivity index (χ2v) is 4.33. The third-order valence-corrected chi connectivity index (χ3v) is 2.75. The summed E-state index contributed by atoms with van der Waals surface area (Å²) in [6.07, 6.45) is 0. The van der Waals surface area contributed by atoms with Crippen LogP contribution in [0.1, 0.15) is 25.5 Å². The predicted molar refractivity (Wildman–Crippen MR) is 65.5 cm³/mol. The van der Waals surface area contributed by atoms with E-state index in [-0.39, 0.29) is 12.5 Å². The molecule has 0 aliphatic rings. The molecule has 0 saturated carbocycles. The second-order valence-electron chi connectivity index (χ2n) is 4.33. The van der Waals surface area contributed by atoms with Crippen LogP contribution in [0.4, 0.5) is 0 Å². The third kappa shape index (κ3) is 3.54. The van der Waals surface area contributed by atoms with Gasteiger partial charge in [0.05, 0.1) is 12.6 Å². The maximum absolute atomic E-state index is 11.9. The van der Waals surface area contributed by atoms with E-state index in [0.29, 0.717) is 0 Å². The number of aliphatic hydroxyl groups excluding tert-OH is 1. The quantitative estimate of drug-likeness (QED) is 0.810. The maximum atomic E-state index is 11.9. The van der Waals surface area contributed by atoms with Crippen LogP contribution in [0, 0.1) is 0 Å². The summed E-state index contributed by atoms with van der Waals surface area (Å²) in [5, 5.41) is 12.1. The predicted octanol–water partition coefficient (Wildman–Crippen LogP) is 1.26. The molecule has 0 heterocycles. The molecule has 0 aliphatic carbocycles. The van der Waals surface area contributed by atoms with Crippen LogP contribution in [0.15, 0.2) is 30.3 Å². The number of hydrogen-bond donors (Lipinski definition) is 2. The van der Waals surface area contributed by atoms with Crippen LogP contribution < -0.4 is 5.32 Å². The summed E-state index contributed by atoms with van der Waals surface area (Å²) < 4.78 is 5.09. The third-order valence-electron chi connectivity index (χ3n) is 2.75. The first-order valence-corrected chi connectivity index (χ1v) is 5.53. The molecule has 1 amide bonds. The standard InChI is InChI=1S/C13H19NO3/c1-13(2,17-3)12(16)14-11(9-15)10-7-5-4-6-8-10/h4-8,11,15H,9H2,1-3H3,(H,14,16)/t11-/m0/s1. The molecule has 4 nitrogen and oxygen atoms in total. The first kappa shape index (κ1) is 13.7. The Balaban J connectivity index is 2.75. The zero-order valence-corrected chi connectivity index (χ0v) is 10.4. The van der Waals surface area contributed by atoms with Gasteiger partial charge in [-0.25, -0.2) is 0 Å². The number of methoxy groups -OCH3 is 1. The van der Waals surface area contributed by atoms with Gasteiger partial charge in [-0.05, 0) is 19.4 Å². The molecule has 2 N–H and O–H groups in total. The summed E-state index contributed by atoms with van der Waals surface area (Å²) in [5.41, 5.74) is -0.0300. The SMILES string of the molecule is COC(C)(C)C(=O)N[C@@H](CO)c1ccccc1. The van der Waals surface area contributed by atoms with Crippen LogP contribution in [-0.2, 0) is 9.53 Å². The molecule has 1 atom stereocenters. The second kappa shape index (κ2) is 5.80. The highest BCUT2D eigenvalue weighted by atomic mass is 16.5. The van der Waals surface area contributed by atoms with Crippen LogP contribution in [0.3, 0.4) is 0 Å². The van der Waals surface area contributed by atoms with Crippen molar-refractivity contribution in [3.05, 3.63) is 35.9 Å². The van der Waals surface area contributed by atoms with Gasteiger partial charge in [0, 0.05) is 7.11 Å². The topological polar surface area (TPSA) is 58.6 Å². The zero-order valence-electron chi connectivity index (χ0n) is 10.4. The van der Waals surface area contributed by atoms with Gasteiger partial charge in [-0.1, -0.05) is 30.3 Å². The van der Waals surface area contributed by atoms with Crippen molar-refractivity contribution in [2.24, 2.45) is 0 Å². The molecule has 0 spiro atoms. The molecule has 0 fully saturated rings. The van der Waals surface area contributed by atoms with Crippen molar-refractivity contribution in [3.63, 3.8) is 0 Å². The fraction of sp³-hybridized carbons (Fsp3) is 0.462. The monoisotopic (exact) mass is 237 g/mol. The van der Waals surface area contributed by atoms with Crippen LogP contribution in [0.25, 0.3) is 0 Å². The van der Waals surface area contributed by atoms with Gasteiger partial charge < -0.3 is 15.2 Å². The number of carbonyl (C=O) groups excluding carboxylic acids is 1. The smallest absolute Gasteiger partial charge is 0.252 e. The normalized spacial score (nSPS) is 13.2. The summed E-state index contributed by atoms with van der Waals surface area (Å²) in [6, 6.07) is 8.94. The largest absolute Gasteiger partial charge is 0.394 e. The van der Waals surface area contributed by atoms with Crippen molar-refractivity contribution in [2.75, 3.05) is 13.7 Å². The summed E-state index contributed by atoms with van der Waals surface area (Å²) in [7, 11) is 1.48. The highest BCUT2D eigenvalue weighted by Crippen LogP contribution is 2.15. The first-order valence-electron chi connectivity index (χ1n) is 5.53. The van der Waals surface area contributed by atoms with Gasteiger partial charge in [0.25, 0.3) is 5.91 Å². The molecule has 0 aliphatic heterocycles. The Bertz CT molecular complexity index is 362. The average molecular weight is 237 g/mol. The van der Waals surface area contributed by atoms with Crippen molar-refractivity contribution < 1.29 is 14.6 Å². The van der Waals surface area contributed by atoms with E-state index in [1.54, 1.807) is 13.8 Å². The van der Waals surface area contributed by atoms with E-state index in [9.17, 15) is 9.90 Å². The van der Waals surface area contributed by atoms with Crippen LogP contribution >= 0.6 is 0 Å². The van der Waals surface area contributed by atoms with Gasteiger partial charge in [0.1, 0.15) is 5.60 Å². The van der Waals surface area contributed by atoms with Gasteiger partial charge >= 0.3 is 0 Å². The van der Waals surface area contributed by atoms with E-state index in [1.165, 1.54) is 7.11 Å². The van der Waals surface area contributed by atoms with Gasteiger partial charge in [-0.2, -0.15) is 0 Å². The molecule has 0 aromatic heterocycles. The molecule has 0 saturated heterocycles. The maximum Gasteiger partial charge on any atom is 0.252 e. The van der Waals surface area contributed by atoms with Gasteiger partial charge in [-0.3, -0.25) is 4.79 Å². The van der Waals surface area contributed by atoms with Crippen LogP contribution in [-0.4, -0.2) is 30.3 Å². The number of amides is 1. The molecule has 94 valence electrons. The fourth-order valence-electron chi connectivity index (χ4n) is 1.34. The number of aliphatic hydroxyl groups is 1. The van der Waals surface area contributed by atoms with E-state index in [0.717, 1.165) is 5.56 Å². The fourth-order valence-corrected chi connectivity index (χ4v) is 1.34.